The van der Waals surface area contributed by atoms with Gasteiger partial charge in [-0.3, -0.25) is 4.79 Å². The fourth-order valence-electron chi connectivity index (χ4n) is 2.81. The standard InChI is InChI=1S/C15H18N2O2/c1-10-9-14(19-17-10)15(18)16-13-8-4-6-11-5-2-3-7-12(11)13/h2-3,5,7,13-14H,4,6,8-9H2,1H3,(H,16,18)/t13-,14?/m1/s1. The van der Waals surface area contributed by atoms with E-state index < -0.39 is 6.10 Å². The lowest BCUT2D eigenvalue weighted by molar-refractivity contribution is -0.132. The third-order valence-electron chi connectivity index (χ3n) is 3.79. The lowest BCUT2D eigenvalue weighted by Crippen LogP contribution is -2.38. The van der Waals surface area contributed by atoms with Crippen LogP contribution in [0.1, 0.15) is 43.4 Å². The number of rotatable bonds is 2. The fourth-order valence-corrected chi connectivity index (χ4v) is 2.81. The Balaban J connectivity index is 1.69. The normalized spacial score (nSPS) is 25.2. The van der Waals surface area contributed by atoms with Gasteiger partial charge in [-0.15, -0.1) is 0 Å². The third-order valence-corrected chi connectivity index (χ3v) is 3.79. The zero-order chi connectivity index (χ0) is 13.2. The number of carbonyl (C=O) groups excluding carboxylic acids is 1. The maximum absolute atomic E-state index is 12.2. The molecule has 1 aliphatic carbocycles. The lowest BCUT2D eigenvalue weighted by atomic mass is 9.87. The van der Waals surface area contributed by atoms with E-state index in [1.807, 2.05) is 13.0 Å². The molecule has 1 aromatic carbocycles. The zero-order valence-electron chi connectivity index (χ0n) is 11.1. The van der Waals surface area contributed by atoms with E-state index in [1.165, 1.54) is 11.1 Å². The van der Waals surface area contributed by atoms with Gasteiger partial charge in [0.1, 0.15) is 0 Å². The van der Waals surface area contributed by atoms with Crippen molar-refractivity contribution in [3.8, 4) is 0 Å². The fraction of sp³-hybridized carbons (Fsp3) is 0.467. The highest BCUT2D eigenvalue weighted by atomic mass is 16.6. The van der Waals surface area contributed by atoms with Crippen molar-refractivity contribution in [2.75, 3.05) is 0 Å². The van der Waals surface area contributed by atoms with Gasteiger partial charge in [0.05, 0.1) is 11.8 Å². The summed E-state index contributed by atoms with van der Waals surface area (Å²) in [7, 11) is 0. The minimum Gasteiger partial charge on any atom is -0.382 e. The molecule has 1 aliphatic heterocycles. The lowest BCUT2D eigenvalue weighted by Gasteiger charge is -2.27. The van der Waals surface area contributed by atoms with E-state index in [0.717, 1.165) is 25.0 Å². The molecule has 0 saturated heterocycles. The Hall–Kier alpha value is -1.84. The zero-order valence-corrected chi connectivity index (χ0v) is 11.1. The van der Waals surface area contributed by atoms with Crippen molar-refractivity contribution >= 4 is 11.6 Å². The topological polar surface area (TPSA) is 50.7 Å². The maximum atomic E-state index is 12.2. The van der Waals surface area contributed by atoms with Gasteiger partial charge >= 0.3 is 0 Å². The molecule has 1 heterocycles. The number of fused-ring (bicyclic) bond motifs is 1. The van der Waals surface area contributed by atoms with Crippen molar-refractivity contribution in [2.24, 2.45) is 5.16 Å². The molecular formula is C15H18N2O2. The Morgan fingerprint density at radius 3 is 3.05 bits per heavy atom. The Bertz CT molecular complexity index is 525. The van der Waals surface area contributed by atoms with Gasteiger partial charge in [0.2, 0.25) is 6.10 Å². The first-order chi connectivity index (χ1) is 9.24. The minimum atomic E-state index is -0.450. The Morgan fingerprint density at radius 2 is 2.26 bits per heavy atom. The molecule has 4 nitrogen and oxygen atoms in total. The predicted octanol–water partition coefficient (Wildman–Crippen LogP) is 2.35. The first-order valence-corrected chi connectivity index (χ1v) is 6.81. The van der Waals surface area contributed by atoms with Gasteiger partial charge in [-0.05, 0) is 37.3 Å². The van der Waals surface area contributed by atoms with Crippen LogP contribution in [0, 0.1) is 0 Å². The summed E-state index contributed by atoms with van der Waals surface area (Å²) in [6, 6.07) is 8.45. The number of hydrogen-bond donors (Lipinski definition) is 1. The second-order valence-corrected chi connectivity index (χ2v) is 5.28. The largest absolute Gasteiger partial charge is 0.382 e. The smallest absolute Gasteiger partial charge is 0.264 e. The van der Waals surface area contributed by atoms with Crippen LogP contribution in [0.4, 0.5) is 0 Å². The van der Waals surface area contributed by atoms with E-state index in [9.17, 15) is 4.79 Å². The molecule has 1 amide bonds. The Labute approximate surface area is 112 Å². The Kier molecular flexibility index (Phi) is 3.23. The van der Waals surface area contributed by atoms with Crippen LogP contribution in [0.3, 0.4) is 0 Å². The number of amides is 1. The van der Waals surface area contributed by atoms with Gasteiger partial charge in [-0.2, -0.15) is 0 Å². The molecule has 1 N–H and O–H groups in total. The quantitative estimate of drug-likeness (QED) is 0.885. The van der Waals surface area contributed by atoms with E-state index in [4.69, 9.17) is 4.84 Å². The predicted molar refractivity (Wildman–Crippen MR) is 72.9 cm³/mol. The second kappa shape index (κ2) is 5.03. The molecule has 0 saturated carbocycles. The molecule has 2 aliphatic rings. The molecule has 1 aromatic rings. The summed E-state index contributed by atoms with van der Waals surface area (Å²) in [4.78, 5) is 17.3. The molecule has 4 heteroatoms. The van der Waals surface area contributed by atoms with E-state index in [-0.39, 0.29) is 11.9 Å². The summed E-state index contributed by atoms with van der Waals surface area (Å²) < 4.78 is 0. The van der Waals surface area contributed by atoms with Gasteiger partial charge in [0.25, 0.3) is 5.91 Å². The van der Waals surface area contributed by atoms with Crippen molar-refractivity contribution in [3.63, 3.8) is 0 Å². The number of oxime groups is 1. The van der Waals surface area contributed by atoms with Crippen LogP contribution < -0.4 is 5.32 Å². The van der Waals surface area contributed by atoms with Crippen LogP contribution in [0.2, 0.25) is 0 Å². The van der Waals surface area contributed by atoms with E-state index in [0.29, 0.717) is 6.42 Å². The molecule has 3 rings (SSSR count). The van der Waals surface area contributed by atoms with Crippen LogP contribution in [-0.4, -0.2) is 17.7 Å². The molecule has 0 radical (unpaired) electrons. The number of aryl methyl sites for hydroxylation is 1. The van der Waals surface area contributed by atoms with Gasteiger partial charge in [0.15, 0.2) is 0 Å². The summed E-state index contributed by atoms with van der Waals surface area (Å²) in [6.45, 7) is 1.88. The molecule has 100 valence electrons. The molecule has 0 spiro atoms. The highest BCUT2D eigenvalue weighted by Crippen LogP contribution is 2.29. The van der Waals surface area contributed by atoms with Gasteiger partial charge in [-0.1, -0.05) is 29.4 Å². The van der Waals surface area contributed by atoms with Gasteiger partial charge in [-0.25, -0.2) is 0 Å². The summed E-state index contributed by atoms with van der Waals surface area (Å²) in [5.74, 6) is -0.0534. The van der Waals surface area contributed by atoms with Crippen molar-refractivity contribution in [3.05, 3.63) is 35.4 Å². The van der Waals surface area contributed by atoms with E-state index in [1.54, 1.807) is 0 Å². The summed E-state index contributed by atoms with van der Waals surface area (Å²) in [5, 5.41) is 6.93. The average molecular weight is 258 g/mol. The van der Waals surface area contributed by atoms with Crippen molar-refractivity contribution in [1.29, 1.82) is 0 Å². The van der Waals surface area contributed by atoms with Crippen molar-refractivity contribution < 1.29 is 9.63 Å². The molecule has 0 fully saturated rings. The SMILES string of the molecule is CC1=NOC(C(=O)N[C@@H]2CCCc3ccccc32)C1. The van der Waals surface area contributed by atoms with Crippen LogP contribution in [0.5, 0.6) is 0 Å². The van der Waals surface area contributed by atoms with Crippen LogP contribution in [-0.2, 0) is 16.1 Å². The van der Waals surface area contributed by atoms with E-state index >= 15 is 0 Å². The highest BCUT2D eigenvalue weighted by Gasteiger charge is 2.29. The summed E-state index contributed by atoms with van der Waals surface area (Å²) >= 11 is 0. The van der Waals surface area contributed by atoms with Crippen LogP contribution in [0.25, 0.3) is 0 Å². The van der Waals surface area contributed by atoms with Crippen LogP contribution >= 0.6 is 0 Å². The molecule has 2 atom stereocenters. The first kappa shape index (κ1) is 12.2. The van der Waals surface area contributed by atoms with E-state index in [2.05, 4.69) is 28.7 Å². The van der Waals surface area contributed by atoms with Gasteiger partial charge in [0, 0.05) is 6.42 Å². The molecule has 0 aromatic heterocycles. The second-order valence-electron chi connectivity index (χ2n) is 5.28. The molecule has 1 unspecified atom stereocenters. The van der Waals surface area contributed by atoms with Crippen molar-refractivity contribution in [1.82, 2.24) is 5.32 Å². The number of benzene rings is 1. The number of nitrogens with zero attached hydrogens (tertiary/aromatic N) is 1. The monoisotopic (exact) mass is 258 g/mol. The summed E-state index contributed by atoms with van der Waals surface area (Å²) in [6.07, 6.45) is 3.36. The molecular weight excluding hydrogens is 240 g/mol. The van der Waals surface area contributed by atoms with Gasteiger partial charge < -0.3 is 10.2 Å². The van der Waals surface area contributed by atoms with Crippen LogP contribution in [0.15, 0.2) is 29.4 Å². The number of hydrogen-bond acceptors (Lipinski definition) is 3. The summed E-state index contributed by atoms with van der Waals surface area (Å²) in [5.41, 5.74) is 3.47. The van der Waals surface area contributed by atoms with Crippen molar-refractivity contribution in [2.45, 2.75) is 44.8 Å². The number of carbonyl (C=O) groups is 1. The Morgan fingerprint density at radius 1 is 1.42 bits per heavy atom. The maximum Gasteiger partial charge on any atom is 0.264 e. The molecule has 19 heavy (non-hydrogen) atoms. The first-order valence-electron chi connectivity index (χ1n) is 6.81. The third kappa shape index (κ3) is 2.48. The minimum absolute atomic E-state index is 0.0534. The molecule has 0 bridgehead atoms. The average Bonchev–Trinajstić information content (AvgIpc) is 2.86. The highest BCUT2D eigenvalue weighted by molar-refractivity contribution is 5.91. The number of nitrogens with one attached hydrogen (secondary N) is 1.